The maximum Gasteiger partial charge on any atom is 0.490 e. The zero-order chi connectivity index (χ0) is 31.1. The van der Waals surface area contributed by atoms with Gasteiger partial charge >= 0.3 is 12.1 Å². The second-order valence-electron chi connectivity index (χ2n) is 11.3. The van der Waals surface area contributed by atoms with Crippen molar-refractivity contribution in [1.82, 2.24) is 16.0 Å². The third kappa shape index (κ3) is 9.66. The van der Waals surface area contributed by atoms with E-state index in [1.165, 1.54) is 0 Å². The van der Waals surface area contributed by atoms with E-state index in [0.717, 1.165) is 25.8 Å². The Balaban J connectivity index is 0.000000745. The first-order valence-corrected chi connectivity index (χ1v) is 13.9. The summed E-state index contributed by atoms with van der Waals surface area (Å²) in [6.07, 6.45) is -6.62. The van der Waals surface area contributed by atoms with Crippen LogP contribution < -0.4 is 27.4 Å². The number of carboxylic acid groups (broad SMARTS) is 1. The lowest BCUT2D eigenvalue weighted by Gasteiger charge is -2.49. The Bertz CT molecular complexity index is 814. The second kappa shape index (κ2) is 15.5. The Morgan fingerprint density at radius 2 is 1.71 bits per heavy atom. The Morgan fingerprint density at radius 3 is 2.24 bits per heavy atom. The Kier molecular flexibility index (Phi) is 13.6. The number of aliphatic carboxylic acids is 1. The highest BCUT2D eigenvalue weighted by atomic mass is 19.4. The van der Waals surface area contributed by atoms with Gasteiger partial charge in [-0.25, -0.2) is 4.79 Å². The lowest BCUT2D eigenvalue weighted by molar-refractivity contribution is -0.300. The summed E-state index contributed by atoms with van der Waals surface area (Å²) in [6.45, 7) is 5.12. The molecule has 2 saturated carbocycles. The number of nitrogens with one attached hydrogen (secondary N) is 3. The number of hydrogen-bond donors (Lipinski definition) is 9. The van der Waals surface area contributed by atoms with Crippen molar-refractivity contribution in [1.29, 1.82) is 0 Å². The highest BCUT2D eigenvalue weighted by molar-refractivity contribution is 5.73. The van der Waals surface area contributed by atoms with E-state index in [1.807, 2.05) is 14.0 Å². The van der Waals surface area contributed by atoms with Crippen LogP contribution in [-0.2, 0) is 19.0 Å². The summed E-state index contributed by atoms with van der Waals surface area (Å²) in [7, 11) is 3.60. The van der Waals surface area contributed by atoms with E-state index in [1.54, 1.807) is 14.0 Å². The molecule has 11 N–H and O–H groups in total. The average Bonchev–Trinajstić information content (AvgIpc) is 2.87. The molecule has 41 heavy (non-hydrogen) atoms. The smallest absolute Gasteiger partial charge is 0.475 e. The molecular weight excluding hydrogens is 555 g/mol. The molecule has 0 radical (unpaired) electrons. The summed E-state index contributed by atoms with van der Waals surface area (Å²) in [5.41, 5.74) is 11.6. The van der Waals surface area contributed by atoms with Gasteiger partial charge in [-0.15, -0.1) is 0 Å². The maximum atomic E-state index is 11.4. The van der Waals surface area contributed by atoms with Gasteiger partial charge in [0.05, 0.1) is 18.8 Å². The topological polar surface area (TPSA) is 214 Å². The molecule has 1 heterocycles. The number of carboxylic acids is 1. The molecule has 0 spiro atoms. The number of rotatable bonds is 9. The Morgan fingerprint density at radius 1 is 1.07 bits per heavy atom. The molecule has 3 fully saturated rings. The van der Waals surface area contributed by atoms with Gasteiger partial charge in [0.25, 0.3) is 0 Å². The van der Waals surface area contributed by atoms with Crippen molar-refractivity contribution in [2.24, 2.45) is 17.4 Å². The predicted octanol–water partition coefficient (Wildman–Crippen LogP) is -1.77. The minimum absolute atomic E-state index is 0.0157. The highest BCUT2D eigenvalue weighted by Gasteiger charge is 2.51. The molecule has 0 aromatic carbocycles. The summed E-state index contributed by atoms with van der Waals surface area (Å²) >= 11 is 0. The van der Waals surface area contributed by atoms with Gasteiger partial charge in [-0.2, -0.15) is 13.2 Å². The number of carbonyl (C=O) groups is 1. The zero-order valence-electron chi connectivity index (χ0n) is 24.0. The van der Waals surface area contributed by atoms with Crippen LogP contribution in [0.15, 0.2) is 0 Å². The fourth-order valence-electron chi connectivity index (χ4n) is 5.85. The number of nitrogens with two attached hydrogens (primary N) is 2. The van der Waals surface area contributed by atoms with E-state index in [4.69, 9.17) is 35.6 Å². The summed E-state index contributed by atoms with van der Waals surface area (Å²) < 4.78 is 50.0. The van der Waals surface area contributed by atoms with Crippen LogP contribution >= 0.6 is 0 Å². The number of hydrogen-bond acceptors (Lipinski definition) is 12. The molecular formula is C25H48F3N5O8. The molecule has 0 bridgehead atoms. The number of aliphatic hydroxyl groups excluding tert-OH is 2. The molecule has 0 amide bonds. The van der Waals surface area contributed by atoms with Gasteiger partial charge in [-0.05, 0) is 65.7 Å². The minimum Gasteiger partial charge on any atom is -0.475 e. The first-order chi connectivity index (χ1) is 19.1. The van der Waals surface area contributed by atoms with Crippen LogP contribution in [-0.4, -0.2) is 133 Å². The molecule has 1 aliphatic heterocycles. The number of alkyl halides is 3. The van der Waals surface area contributed by atoms with Crippen molar-refractivity contribution < 1.29 is 52.6 Å². The van der Waals surface area contributed by atoms with Crippen LogP contribution in [0.5, 0.6) is 0 Å². The van der Waals surface area contributed by atoms with E-state index < -0.39 is 60.5 Å². The molecule has 3 aliphatic rings. The first-order valence-electron chi connectivity index (χ1n) is 13.9. The van der Waals surface area contributed by atoms with Crippen molar-refractivity contribution >= 4 is 5.97 Å². The zero-order valence-corrected chi connectivity index (χ0v) is 24.0. The van der Waals surface area contributed by atoms with Gasteiger partial charge in [0.15, 0.2) is 6.29 Å². The van der Waals surface area contributed by atoms with Crippen LogP contribution in [0, 0.1) is 5.92 Å². The molecule has 0 unspecified atom stereocenters. The summed E-state index contributed by atoms with van der Waals surface area (Å²) in [6, 6.07) is -1.42. The van der Waals surface area contributed by atoms with E-state index in [0.29, 0.717) is 18.9 Å². The fourth-order valence-corrected chi connectivity index (χ4v) is 5.85. The minimum atomic E-state index is -5.08. The van der Waals surface area contributed by atoms with Crippen LogP contribution in [0.3, 0.4) is 0 Å². The normalized spacial score (nSPS) is 41.8. The molecule has 0 aromatic rings. The van der Waals surface area contributed by atoms with Gasteiger partial charge in [-0.3, -0.25) is 0 Å². The summed E-state index contributed by atoms with van der Waals surface area (Å²) in [4.78, 5) is 8.90. The summed E-state index contributed by atoms with van der Waals surface area (Å²) in [5.74, 6) is -2.29. The lowest BCUT2D eigenvalue weighted by atomic mass is 9.81. The first kappa shape index (κ1) is 36.0. The Hall–Kier alpha value is -1.18. The lowest BCUT2D eigenvalue weighted by Crippen LogP contribution is -2.69. The molecule has 12 atom stereocenters. The standard InChI is InChI=1S/C23H47N5O6.C2HF3O2/c1-5-28-15-9-14(25)19(33-16-8-12(10-26-3)6-7-13(16)24)17(29)20(15)34-22-18(30)21(27-4)23(2,31)11-32-22;3-2(4,5)1(6)7/h12-22,26-31H,5-11,24-25H2,1-4H3;(H,6,7)/t12-,13-,14+,15-,16+,17+,18+,19+,20+,21+,22+,23-;/m1./s1. The van der Waals surface area contributed by atoms with Crippen molar-refractivity contribution in [3.05, 3.63) is 0 Å². The molecule has 1 saturated heterocycles. The Labute approximate surface area is 238 Å². The van der Waals surface area contributed by atoms with Gasteiger partial charge in [0.1, 0.15) is 30.0 Å². The van der Waals surface area contributed by atoms with Crippen molar-refractivity contribution in [3.63, 3.8) is 0 Å². The fraction of sp³-hybridized carbons (Fsp3) is 0.960. The quantitative estimate of drug-likeness (QED) is 0.143. The molecule has 242 valence electrons. The van der Waals surface area contributed by atoms with Gasteiger partial charge < -0.3 is 62.1 Å². The average molecular weight is 604 g/mol. The van der Waals surface area contributed by atoms with Crippen molar-refractivity contribution in [2.75, 3.05) is 33.8 Å². The molecule has 3 rings (SSSR count). The van der Waals surface area contributed by atoms with E-state index >= 15 is 0 Å². The van der Waals surface area contributed by atoms with Crippen LogP contribution in [0.1, 0.15) is 39.5 Å². The van der Waals surface area contributed by atoms with E-state index in [9.17, 15) is 28.5 Å². The molecule has 13 nitrogen and oxygen atoms in total. The highest BCUT2D eigenvalue weighted by Crippen LogP contribution is 2.33. The molecule has 16 heteroatoms. The van der Waals surface area contributed by atoms with E-state index in [-0.39, 0.29) is 24.8 Å². The SMILES string of the molecule is CCN[C@@H]1C[C@H](N)[C@H](O[C@H]2C[C@H](CNC)CC[C@H]2N)[C@H](O)[C@H]1O[C@@H]1OC[C@@](C)(O)[C@@H](NC)[C@@H]1O.O=C(O)C(F)(F)F. The maximum absolute atomic E-state index is 11.4. The van der Waals surface area contributed by atoms with E-state index in [2.05, 4.69) is 16.0 Å². The third-order valence-corrected chi connectivity index (χ3v) is 7.94. The monoisotopic (exact) mass is 603 g/mol. The van der Waals surface area contributed by atoms with Gasteiger partial charge in [-0.1, -0.05) is 6.92 Å². The molecule has 2 aliphatic carbocycles. The van der Waals surface area contributed by atoms with Crippen molar-refractivity contribution in [3.8, 4) is 0 Å². The van der Waals surface area contributed by atoms with Gasteiger partial charge in [0, 0.05) is 18.1 Å². The number of ether oxygens (including phenoxy) is 3. The second-order valence-corrected chi connectivity index (χ2v) is 11.3. The number of likely N-dealkylation sites (N-methyl/N-ethyl adjacent to an activating group) is 2. The molecule has 0 aromatic heterocycles. The summed E-state index contributed by atoms with van der Waals surface area (Å²) in [5, 5.41) is 49.4. The largest absolute Gasteiger partial charge is 0.490 e. The van der Waals surface area contributed by atoms with Crippen LogP contribution in [0.2, 0.25) is 0 Å². The number of halogens is 3. The third-order valence-electron chi connectivity index (χ3n) is 7.94. The number of aliphatic hydroxyl groups is 3. The predicted molar refractivity (Wildman–Crippen MR) is 142 cm³/mol. The van der Waals surface area contributed by atoms with Crippen molar-refractivity contribution in [2.45, 2.75) is 112 Å². The van der Waals surface area contributed by atoms with Gasteiger partial charge in [0.2, 0.25) is 0 Å². The van der Waals surface area contributed by atoms with Crippen LogP contribution in [0.25, 0.3) is 0 Å². The van der Waals surface area contributed by atoms with Crippen LogP contribution in [0.4, 0.5) is 13.2 Å².